The second-order valence-electron chi connectivity index (χ2n) is 8.24. The van der Waals surface area contributed by atoms with Crippen LogP contribution in [0.2, 0.25) is 5.02 Å². The monoisotopic (exact) mass is 434 g/mol. The van der Waals surface area contributed by atoms with Crippen LogP contribution in [0.4, 0.5) is 5.82 Å². The molecule has 1 amide bonds. The lowest BCUT2D eigenvalue weighted by atomic mass is 9.76. The molecule has 3 unspecified atom stereocenters. The van der Waals surface area contributed by atoms with Crippen LogP contribution in [-0.2, 0) is 0 Å². The van der Waals surface area contributed by atoms with Crippen LogP contribution in [0, 0.1) is 12.8 Å². The van der Waals surface area contributed by atoms with E-state index in [1.165, 1.54) is 0 Å². The van der Waals surface area contributed by atoms with Crippen LogP contribution in [0.1, 0.15) is 35.3 Å². The molecule has 1 aliphatic carbocycles. The number of hydrogen-bond acceptors (Lipinski definition) is 6. The molecule has 3 aromatic heterocycles. The van der Waals surface area contributed by atoms with Gasteiger partial charge in [0.1, 0.15) is 11.5 Å². The van der Waals surface area contributed by atoms with Crippen molar-refractivity contribution in [3.8, 4) is 11.5 Å². The van der Waals surface area contributed by atoms with Crippen molar-refractivity contribution in [3.63, 3.8) is 0 Å². The number of aryl methyl sites for hydroxylation is 1. The highest BCUT2D eigenvalue weighted by Crippen LogP contribution is 2.38. The minimum atomic E-state index is -0.0137. The summed E-state index contributed by atoms with van der Waals surface area (Å²) in [7, 11) is 0. The Morgan fingerprint density at radius 3 is 2.71 bits per heavy atom. The van der Waals surface area contributed by atoms with E-state index in [9.17, 15) is 4.79 Å². The summed E-state index contributed by atoms with van der Waals surface area (Å²) >= 11 is 5.97. The van der Waals surface area contributed by atoms with Gasteiger partial charge < -0.3 is 10.2 Å². The molecule has 0 spiro atoms. The zero-order chi connectivity index (χ0) is 21.4. The summed E-state index contributed by atoms with van der Waals surface area (Å²) < 4.78 is 0. The lowest BCUT2D eigenvalue weighted by molar-refractivity contribution is 0.0282. The first kappa shape index (κ1) is 19.9. The number of amides is 1. The molecule has 5 heterocycles. The molecule has 3 atom stereocenters. The maximum atomic E-state index is 13.7. The summed E-state index contributed by atoms with van der Waals surface area (Å²) in [5.74, 6) is 1.70. The summed E-state index contributed by atoms with van der Waals surface area (Å²) in [6.45, 7) is 2.67. The normalized spacial score (nSPS) is 22.4. The molecule has 158 valence electrons. The lowest BCUT2D eigenvalue weighted by Gasteiger charge is -2.50. The molecule has 3 aliphatic rings. The molecule has 1 N–H and O–H groups in total. The number of rotatable bonds is 4. The Morgan fingerprint density at radius 1 is 1.13 bits per heavy atom. The van der Waals surface area contributed by atoms with E-state index in [0.717, 1.165) is 37.3 Å². The van der Waals surface area contributed by atoms with Gasteiger partial charge in [-0.25, -0.2) is 19.9 Å². The zero-order valence-electron chi connectivity index (χ0n) is 17.2. The van der Waals surface area contributed by atoms with E-state index < -0.39 is 0 Å². The van der Waals surface area contributed by atoms with Crippen molar-refractivity contribution in [2.75, 3.05) is 11.9 Å². The Labute approximate surface area is 185 Å². The summed E-state index contributed by atoms with van der Waals surface area (Å²) in [4.78, 5) is 33.3. The first-order chi connectivity index (χ1) is 15.1. The number of halogens is 1. The summed E-state index contributed by atoms with van der Waals surface area (Å²) in [5, 5.41) is 4.13. The lowest BCUT2D eigenvalue weighted by Crippen LogP contribution is -2.59. The Morgan fingerprint density at radius 2 is 1.97 bits per heavy atom. The minimum absolute atomic E-state index is 0.0137. The molecule has 2 bridgehead atoms. The van der Waals surface area contributed by atoms with Crippen molar-refractivity contribution >= 4 is 23.3 Å². The van der Waals surface area contributed by atoms with Gasteiger partial charge in [0.2, 0.25) is 0 Å². The first-order valence-electron chi connectivity index (χ1n) is 10.5. The number of fused-ring (bicyclic) bond motifs is 3. The van der Waals surface area contributed by atoms with Crippen LogP contribution >= 0.6 is 11.6 Å². The molecule has 2 saturated heterocycles. The van der Waals surface area contributed by atoms with E-state index >= 15 is 0 Å². The number of aromatic nitrogens is 4. The van der Waals surface area contributed by atoms with Crippen LogP contribution in [0.15, 0.2) is 48.9 Å². The summed E-state index contributed by atoms with van der Waals surface area (Å²) in [6.07, 6.45) is 8.11. The Kier molecular flexibility index (Phi) is 5.28. The smallest absolute Gasteiger partial charge is 0.256 e. The van der Waals surface area contributed by atoms with Crippen molar-refractivity contribution in [3.05, 3.63) is 65.2 Å². The fraction of sp³-hybridized carbons (Fsp3) is 0.348. The van der Waals surface area contributed by atoms with Crippen LogP contribution in [-0.4, -0.2) is 49.4 Å². The number of anilines is 1. The molecule has 6 rings (SSSR count). The van der Waals surface area contributed by atoms with Crippen LogP contribution in [0.5, 0.6) is 0 Å². The number of carbonyl (C=O) groups excluding carboxylic acids is 1. The molecule has 7 nitrogen and oxygen atoms in total. The Bertz CT molecular complexity index is 1090. The molecular weight excluding hydrogens is 412 g/mol. The van der Waals surface area contributed by atoms with Crippen molar-refractivity contribution < 1.29 is 4.79 Å². The first-order valence-corrected chi connectivity index (χ1v) is 10.9. The molecule has 0 aromatic carbocycles. The maximum Gasteiger partial charge on any atom is 0.256 e. The number of pyridine rings is 2. The molecule has 31 heavy (non-hydrogen) atoms. The molecule has 3 fully saturated rings. The molecule has 0 radical (unpaired) electrons. The molecule has 8 heteroatoms. The number of hydrogen-bond donors (Lipinski definition) is 1. The zero-order valence-corrected chi connectivity index (χ0v) is 18.0. The Hall–Kier alpha value is -3.06. The van der Waals surface area contributed by atoms with Gasteiger partial charge in [0.25, 0.3) is 5.91 Å². The number of piperidine rings is 2. The van der Waals surface area contributed by atoms with Gasteiger partial charge in [0, 0.05) is 36.9 Å². The predicted octanol–water partition coefficient (Wildman–Crippen LogP) is 4.00. The van der Waals surface area contributed by atoms with Gasteiger partial charge in [0.15, 0.2) is 5.82 Å². The highest BCUT2D eigenvalue weighted by molar-refractivity contribution is 6.30. The fourth-order valence-electron chi connectivity index (χ4n) is 4.71. The third-order valence-electron chi connectivity index (χ3n) is 6.14. The van der Waals surface area contributed by atoms with Gasteiger partial charge in [-0.1, -0.05) is 11.6 Å². The molecular formula is C23H23ClN6O. The average molecular weight is 435 g/mol. The van der Waals surface area contributed by atoms with Gasteiger partial charge in [-0.2, -0.15) is 0 Å². The van der Waals surface area contributed by atoms with E-state index in [1.807, 2.05) is 36.1 Å². The van der Waals surface area contributed by atoms with Crippen molar-refractivity contribution in [2.45, 2.75) is 38.3 Å². The SMILES string of the molecule is Cc1ccc(C(=O)N2CC3CCC2C(Nc2ccc(Cl)cn2)C3)c(-c2ncccn2)n1. The third kappa shape index (κ3) is 3.97. The van der Waals surface area contributed by atoms with Gasteiger partial charge in [0.05, 0.1) is 16.6 Å². The van der Waals surface area contributed by atoms with Crippen molar-refractivity contribution in [2.24, 2.45) is 5.92 Å². The van der Waals surface area contributed by atoms with Crippen LogP contribution in [0.25, 0.3) is 11.5 Å². The van der Waals surface area contributed by atoms with Crippen molar-refractivity contribution in [1.82, 2.24) is 24.8 Å². The van der Waals surface area contributed by atoms with E-state index in [2.05, 4.69) is 25.3 Å². The molecule has 2 aliphatic heterocycles. The average Bonchev–Trinajstić information content (AvgIpc) is 2.81. The highest BCUT2D eigenvalue weighted by atomic mass is 35.5. The predicted molar refractivity (Wildman–Crippen MR) is 119 cm³/mol. The minimum Gasteiger partial charge on any atom is -0.365 e. The van der Waals surface area contributed by atoms with Crippen LogP contribution in [0.3, 0.4) is 0 Å². The second-order valence-corrected chi connectivity index (χ2v) is 8.67. The highest BCUT2D eigenvalue weighted by Gasteiger charge is 2.43. The van der Waals surface area contributed by atoms with E-state index in [-0.39, 0.29) is 18.0 Å². The molecule has 1 saturated carbocycles. The largest absolute Gasteiger partial charge is 0.365 e. The van der Waals surface area contributed by atoms with E-state index in [1.54, 1.807) is 24.7 Å². The topological polar surface area (TPSA) is 83.9 Å². The van der Waals surface area contributed by atoms with E-state index in [0.29, 0.717) is 28.0 Å². The summed E-state index contributed by atoms with van der Waals surface area (Å²) in [6, 6.07) is 9.43. The van der Waals surface area contributed by atoms with Crippen LogP contribution < -0.4 is 5.32 Å². The number of nitrogens with one attached hydrogen (secondary N) is 1. The van der Waals surface area contributed by atoms with Gasteiger partial charge in [-0.15, -0.1) is 0 Å². The standard InChI is InChI=1S/C23H23ClN6O/c1-14-3-6-17(21(28-14)22-25-9-2-10-26-22)23(31)30-13-15-4-7-19(30)18(11-15)29-20-8-5-16(24)12-27-20/h2-3,5-6,8-10,12,15,18-19H,4,7,11,13H2,1H3,(H,27,29). The number of nitrogens with zero attached hydrogens (tertiary/aromatic N) is 5. The fourth-order valence-corrected chi connectivity index (χ4v) is 4.82. The second kappa shape index (κ2) is 8.23. The van der Waals surface area contributed by atoms with Gasteiger partial charge in [-0.3, -0.25) is 4.79 Å². The van der Waals surface area contributed by atoms with Gasteiger partial charge >= 0.3 is 0 Å². The maximum absolute atomic E-state index is 13.7. The number of carbonyl (C=O) groups is 1. The molecule has 3 aromatic rings. The summed E-state index contributed by atoms with van der Waals surface area (Å²) in [5.41, 5.74) is 1.91. The van der Waals surface area contributed by atoms with E-state index in [4.69, 9.17) is 11.6 Å². The quantitative estimate of drug-likeness (QED) is 0.668. The van der Waals surface area contributed by atoms with Crippen molar-refractivity contribution in [1.29, 1.82) is 0 Å². The van der Waals surface area contributed by atoms with Gasteiger partial charge in [-0.05, 0) is 62.4 Å². The Balaban J connectivity index is 1.44. The third-order valence-corrected chi connectivity index (χ3v) is 6.37.